The molecule has 0 atom stereocenters. The van der Waals surface area contributed by atoms with Crippen molar-refractivity contribution in [3.8, 4) is 0 Å². The third-order valence-electron chi connectivity index (χ3n) is 3.29. The molecule has 2 heterocycles. The summed E-state index contributed by atoms with van der Waals surface area (Å²) in [5, 5.41) is 8.24. The summed E-state index contributed by atoms with van der Waals surface area (Å²) >= 11 is 0. The molecule has 0 aromatic carbocycles. The van der Waals surface area contributed by atoms with E-state index in [0.29, 0.717) is 12.2 Å². The molecule has 0 aliphatic heterocycles. The van der Waals surface area contributed by atoms with Gasteiger partial charge in [0.15, 0.2) is 0 Å². The maximum atomic E-state index is 12.9. The van der Waals surface area contributed by atoms with Crippen molar-refractivity contribution < 1.29 is 13.6 Å². The van der Waals surface area contributed by atoms with Gasteiger partial charge < -0.3 is 4.90 Å². The van der Waals surface area contributed by atoms with Crippen molar-refractivity contribution in [2.45, 2.75) is 39.9 Å². The van der Waals surface area contributed by atoms with E-state index in [9.17, 15) is 13.6 Å². The van der Waals surface area contributed by atoms with Crippen LogP contribution in [0.15, 0.2) is 18.3 Å². The summed E-state index contributed by atoms with van der Waals surface area (Å²) in [5.41, 5.74) is 0.977. The number of carbonyl (C=O) groups is 1. The number of halogens is 2. The van der Waals surface area contributed by atoms with E-state index in [4.69, 9.17) is 0 Å². The number of nitrogens with zero attached hydrogens (tertiary/aromatic N) is 5. The Bertz CT molecular complexity index is 649. The normalized spacial score (nSPS) is 11.2. The van der Waals surface area contributed by atoms with E-state index >= 15 is 0 Å². The van der Waals surface area contributed by atoms with Crippen LogP contribution in [-0.2, 0) is 24.4 Å². The second-order valence-corrected chi connectivity index (χ2v) is 5.08. The van der Waals surface area contributed by atoms with Gasteiger partial charge in [0.25, 0.3) is 6.43 Å². The Morgan fingerprint density at radius 3 is 2.73 bits per heavy atom. The number of amides is 1. The van der Waals surface area contributed by atoms with E-state index in [0.717, 1.165) is 16.9 Å². The monoisotopic (exact) mass is 311 g/mol. The molecular formula is C14H19F2N5O. The van der Waals surface area contributed by atoms with E-state index in [1.54, 1.807) is 18.7 Å². The first-order chi connectivity index (χ1) is 10.4. The zero-order valence-corrected chi connectivity index (χ0v) is 12.8. The third kappa shape index (κ3) is 3.69. The lowest BCUT2D eigenvalue weighted by molar-refractivity contribution is -0.131. The summed E-state index contributed by atoms with van der Waals surface area (Å²) in [5.74, 6) is -0.295. The van der Waals surface area contributed by atoms with E-state index in [1.165, 1.54) is 11.0 Å². The molecule has 0 saturated heterocycles. The number of hydrogen-bond acceptors (Lipinski definition) is 3. The summed E-state index contributed by atoms with van der Waals surface area (Å²) < 4.78 is 28.6. The summed E-state index contributed by atoms with van der Waals surface area (Å²) in [4.78, 5) is 13.6. The van der Waals surface area contributed by atoms with Crippen LogP contribution >= 0.6 is 0 Å². The van der Waals surface area contributed by atoms with Crippen LogP contribution in [-0.4, -0.2) is 37.4 Å². The van der Waals surface area contributed by atoms with Gasteiger partial charge in [0, 0.05) is 19.8 Å². The van der Waals surface area contributed by atoms with E-state index in [1.807, 2.05) is 19.2 Å². The van der Waals surface area contributed by atoms with Gasteiger partial charge in [-0.15, -0.1) is 0 Å². The molecule has 2 rings (SSSR count). The minimum absolute atomic E-state index is 0.210. The molecule has 2 aromatic rings. The zero-order chi connectivity index (χ0) is 16.3. The van der Waals surface area contributed by atoms with Gasteiger partial charge >= 0.3 is 0 Å². The summed E-state index contributed by atoms with van der Waals surface area (Å²) in [6.07, 6.45) is -0.820. The quantitative estimate of drug-likeness (QED) is 0.820. The second-order valence-electron chi connectivity index (χ2n) is 5.08. The van der Waals surface area contributed by atoms with Crippen LogP contribution in [0.2, 0.25) is 0 Å². The van der Waals surface area contributed by atoms with Crippen molar-refractivity contribution in [1.29, 1.82) is 0 Å². The topological polar surface area (TPSA) is 56.0 Å². The highest BCUT2D eigenvalue weighted by Crippen LogP contribution is 2.19. The Balaban J connectivity index is 2.02. The SMILES string of the molecule is CCn1ccc(CN(C)C(=O)Cn2nc(C)cc2C(F)F)n1. The van der Waals surface area contributed by atoms with Crippen molar-refractivity contribution in [2.75, 3.05) is 7.05 Å². The summed E-state index contributed by atoms with van der Waals surface area (Å²) in [6, 6.07) is 3.12. The van der Waals surface area contributed by atoms with Gasteiger partial charge in [-0.2, -0.15) is 10.2 Å². The molecule has 0 aliphatic carbocycles. The fourth-order valence-corrected chi connectivity index (χ4v) is 2.11. The van der Waals surface area contributed by atoms with E-state index in [2.05, 4.69) is 10.2 Å². The Hall–Kier alpha value is -2.25. The largest absolute Gasteiger partial charge is 0.338 e. The predicted octanol–water partition coefficient (Wildman–Crippen LogP) is 2.00. The maximum Gasteiger partial charge on any atom is 0.280 e. The van der Waals surface area contributed by atoms with Gasteiger partial charge in [-0.3, -0.25) is 14.2 Å². The summed E-state index contributed by atoms with van der Waals surface area (Å²) in [6.45, 7) is 4.46. The van der Waals surface area contributed by atoms with Crippen LogP contribution in [0.25, 0.3) is 0 Å². The van der Waals surface area contributed by atoms with Gasteiger partial charge in [0.05, 0.1) is 17.9 Å². The minimum Gasteiger partial charge on any atom is -0.338 e. The minimum atomic E-state index is -2.65. The maximum absolute atomic E-state index is 12.9. The highest BCUT2D eigenvalue weighted by molar-refractivity contribution is 5.75. The number of aryl methyl sites for hydroxylation is 2. The van der Waals surface area contributed by atoms with Gasteiger partial charge in [-0.1, -0.05) is 0 Å². The lowest BCUT2D eigenvalue weighted by Gasteiger charge is -2.16. The molecule has 0 unspecified atom stereocenters. The molecule has 6 nitrogen and oxygen atoms in total. The third-order valence-corrected chi connectivity index (χ3v) is 3.29. The predicted molar refractivity (Wildman–Crippen MR) is 76.3 cm³/mol. The average Bonchev–Trinajstić information content (AvgIpc) is 3.05. The van der Waals surface area contributed by atoms with Crippen LogP contribution in [0, 0.1) is 6.92 Å². The Morgan fingerprint density at radius 1 is 1.41 bits per heavy atom. The molecule has 8 heteroatoms. The highest BCUT2D eigenvalue weighted by Gasteiger charge is 2.19. The highest BCUT2D eigenvalue weighted by atomic mass is 19.3. The van der Waals surface area contributed by atoms with Crippen molar-refractivity contribution in [2.24, 2.45) is 0 Å². The zero-order valence-electron chi connectivity index (χ0n) is 12.8. The second kappa shape index (κ2) is 6.67. The lowest BCUT2D eigenvalue weighted by atomic mass is 10.3. The number of carbonyl (C=O) groups excluding carboxylic acids is 1. The molecular weight excluding hydrogens is 292 g/mol. The molecule has 0 aliphatic rings. The van der Waals surface area contributed by atoms with Crippen LogP contribution in [0.5, 0.6) is 0 Å². The van der Waals surface area contributed by atoms with Gasteiger partial charge in [-0.25, -0.2) is 8.78 Å². The van der Waals surface area contributed by atoms with Crippen molar-refractivity contribution in [3.05, 3.63) is 35.4 Å². The van der Waals surface area contributed by atoms with Crippen LogP contribution in [0.4, 0.5) is 8.78 Å². The average molecular weight is 311 g/mol. The Labute approximate surface area is 127 Å². The van der Waals surface area contributed by atoms with Crippen molar-refractivity contribution in [3.63, 3.8) is 0 Å². The Kier molecular flexibility index (Phi) is 4.89. The van der Waals surface area contributed by atoms with Crippen LogP contribution in [0.3, 0.4) is 0 Å². The first-order valence-corrected chi connectivity index (χ1v) is 6.99. The molecule has 0 spiro atoms. The van der Waals surface area contributed by atoms with E-state index < -0.39 is 6.43 Å². The molecule has 0 bridgehead atoms. The van der Waals surface area contributed by atoms with Crippen molar-refractivity contribution >= 4 is 5.91 Å². The molecule has 0 saturated carbocycles. The van der Waals surface area contributed by atoms with Gasteiger partial charge in [0.1, 0.15) is 12.2 Å². The van der Waals surface area contributed by atoms with Gasteiger partial charge in [0.2, 0.25) is 5.91 Å². The fraction of sp³-hybridized carbons (Fsp3) is 0.500. The Morgan fingerprint density at radius 2 is 2.14 bits per heavy atom. The summed E-state index contributed by atoms with van der Waals surface area (Å²) in [7, 11) is 1.62. The molecule has 2 aromatic heterocycles. The number of rotatable bonds is 6. The number of hydrogen-bond donors (Lipinski definition) is 0. The lowest BCUT2D eigenvalue weighted by Crippen LogP contribution is -2.31. The van der Waals surface area contributed by atoms with Gasteiger partial charge in [-0.05, 0) is 26.0 Å². The van der Waals surface area contributed by atoms with Crippen LogP contribution in [0.1, 0.15) is 30.4 Å². The number of likely N-dealkylation sites (N-methyl/N-ethyl adjacent to an activating group) is 1. The fourth-order valence-electron chi connectivity index (χ4n) is 2.11. The molecule has 22 heavy (non-hydrogen) atoms. The van der Waals surface area contributed by atoms with Crippen molar-refractivity contribution in [1.82, 2.24) is 24.5 Å². The number of alkyl halides is 2. The first-order valence-electron chi connectivity index (χ1n) is 6.99. The first kappa shape index (κ1) is 16.1. The molecule has 120 valence electrons. The molecule has 0 radical (unpaired) electrons. The van der Waals surface area contributed by atoms with Crippen LogP contribution < -0.4 is 0 Å². The molecule has 0 N–H and O–H groups in total. The number of aromatic nitrogens is 4. The standard InChI is InChI=1S/C14H19F2N5O/c1-4-20-6-5-11(18-20)8-19(3)13(22)9-21-12(14(15)16)7-10(2)17-21/h5-7,14H,4,8-9H2,1-3H3. The molecule has 0 fully saturated rings. The smallest absolute Gasteiger partial charge is 0.280 e. The molecule has 1 amide bonds. The van der Waals surface area contributed by atoms with E-state index in [-0.39, 0.29) is 18.1 Å².